The number of hydrogen-bond acceptors (Lipinski definition) is 5. The Morgan fingerprint density at radius 1 is 1.00 bits per heavy atom. The molecule has 0 saturated carbocycles. The van der Waals surface area contributed by atoms with E-state index in [1.54, 1.807) is 40.1 Å². The van der Waals surface area contributed by atoms with E-state index in [2.05, 4.69) is 5.10 Å². The molecule has 1 aromatic heterocycles. The first kappa shape index (κ1) is 20.7. The topological polar surface area (TPSA) is 111 Å². The molecule has 0 bridgehead atoms. The fourth-order valence-corrected chi connectivity index (χ4v) is 4.18. The Morgan fingerprint density at radius 3 is 2.18 bits per heavy atom. The second-order valence-electron chi connectivity index (χ2n) is 7.79. The van der Waals surface area contributed by atoms with Crippen LogP contribution in [-0.2, 0) is 11.2 Å². The summed E-state index contributed by atoms with van der Waals surface area (Å²) in [5.41, 5.74) is 7.75. The van der Waals surface area contributed by atoms with Crippen molar-refractivity contribution in [1.29, 1.82) is 0 Å². The van der Waals surface area contributed by atoms with E-state index in [-0.39, 0.29) is 34.6 Å². The molecule has 1 fully saturated rings. The largest absolute Gasteiger partial charge is 0.494 e. The van der Waals surface area contributed by atoms with Crippen LogP contribution in [0.5, 0.6) is 5.75 Å². The minimum atomic E-state index is -0.760. The highest BCUT2D eigenvalue weighted by molar-refractivity contribution is 6.09. The minimum Gasteiger partial charge on any atom is -0.494 e. The summed E-state index contributed by atoms with van der Waals surface area (Å²) in [4.78, 5) is 40.4. The molecule has 0 spiro atoms. The van der Waals surface area contributed by atoms with Gasteiger partial charge in [0.15, 0.2) is 17.3 Å². The molecule has 10 heteroatoms. The van der Waals surface area contributed by atoms with Crippen LogP contribution in [0.1, 0.15) is 33.0 Å². The number of nitrogens with two attached hydrogens (primary N) is 1. The lowest BCUT2D eigenvalue weighted by atomic mass is 10.0. The van der Waals surface area contributed by atoms with Gasteiger partial charge in [-0.15, -0.1) is 0 Å². The molecule has 3 heterocycles. The molecular weight excluding hydrogens is 429 g/mol. The number of ether oxygens (including phenoxy) is 1. The molecule has 2 aromatic carbocycles. The summed E-state index contributed by atoms with van der Waals surface area (Å²) in [6.07, 6.45) is 0.887. The Bertz CT molecular complexity index is 1300. The number of rotatable bonds is 5. The molecule has 0 aliphatic carbocycles. The number of fused-ring (bicyclic) bond motifs is 1. The molecule has 0 radical (unpaired) electrons. The lowest BCUT2D eigenvalue weighted by molar-refractivity contribution is -0.122. The van der Waals surface area contributed by atoms with Crippen LogP contribution in [0.2, 0.25) is 0 Å². The summed E-state index contributed by atoms with van der Waals surface area (Å²) in [5, 5.41) is 4.24. The van der Waals surface area contributed by atoms with Gasteiger partial charge in [-0.1, -0.05) is 0 Å². The van der Waals surface area contributed by atoms with Gasteiger partial charge in [-0.2, -0.15) is 5.10 Å². The van der Waals surface area contributed by atoms with Crippen LogP contribution in [-0.4, -0.2) is 47.7 Å². The third-order valence-electron chi connectivity index (χ3n) is 5.95. The predicted octanol–water partition coefficient (Wildman–Crippen LogP) is 2.06. The van der Waals surface area contributed by atoms with Crippen LogP contribution in [0.15, 0.2) is 42.5 Å². The van der Waals surface area contributed by atoms with Gasteiger partial charge >= 0.3 is 0 Å². The lowest BCUT2D eigenvalue weighted by Gasteiger charge is -2.32. The highest BCUT2D eigenvalue weighted by atomic mass is 19.1. The van der Waals surface area contributed by atoms with Crippen molar-refractivity contribution in [2.24, 2.45) is 5.73 Å². The van der Waals surface area contributed by atoms with Crippen molar-refractivity contribution in [2.45, 2.75) is 12.8 Å². The van der Waals surface area contributed by atoms with Gasteiger partial charge in [0, 0.05) is 42.5 Å². The van der Waals surface area contributed by atoms with Crippen LogP contribution in [0.3, 0.4) is 0 Å². The average molecular weight is 449 g/mol. The van der Waals surface area contributed by atoms with Gasteiger partial charge in [-0.3, -0.25) is 14.4 Å². The SMILES string of the molecule is COc1ccc(-n2nc(C(N)=O)c3c2C(=O)N(c2ccc(N4CCC4=O)cc2)CC3)cc1F. The molecule has 2 aliphatic heterocycles. The highest BCUT2D eigenvalue weighted by Crippen LogP contribution is 2.31. The van der Waals surface area contributed by atoms with Crippen LogP contribution < -0.4 is 20.3 Å². The maximum Gasteiger partial charge on any atom is 0.277 e. The normalized spacial score (nSPS) is 15.3. The van der Waals surface area contributed by atoms with Crippen LogP contribution in [0, 0.1) is 5.82 Å². The number of β-lactam (4-membered cyclic amide) rings is 1. The lowest BCUT2D eigenvalue weighted by Crippen LogP contribution is -2.43. The third kappa shape index (κ3) is 3.30. The number of benzene rings is 2. The number of carbonyl (C=O) groups excluding carboxylic acids is 3. The standard InChI is InChI=1S/C23H20FN5O4/c1-33-18-7-6-15(12-17(18)24)29-21-16(20(26-29)22(25)31)8-10-28(23(21)32)14-4-2-13(3-5-14)27-11-9-19(27)30/h2-7,12H,8-11H2,1H3,(H2,25,31). The molecule has 2 aliphatic rings. The van der Waals surface area contributed by atoms with Crippen molar-refractivity contribution < 1.29 is 23.5 Å². The van der Waals surface area contributed by atoms with E-state index >= 15 is 0 Å². The first-order chi connectivity index (χ1) is 15.9. The van der Waals surface area contributed by atoms with Crippen molar-refractivity contribution in [3.63, 3.8) is 0 Å². The van der Waals surface area contributed by atoms with Gasteiger partial charge in [-0.25, -0.2) is 9.07 Å². The second kappa shape index (κ2) is 7.73. The van der Waals surface area contributed by atoms with Crippen LogP contribution in [0.25, 0.3) is 5.69 Å². The smallest absolute Gasteiger partial charge is 0.277 e. The summed E-state index contributed by atoms with van der Waals surface area (Å²) >= 11 is 0. The van der Waals surface area contributed by atoms with Gasteiger partial charge in [0.25, 0.3) is 11.8 Å². The number of amides is 3. The van der Waals surface area contributed by atoms with Gasteiger partial charge in [-0.05, 0) is 42.8 Å². The van der Waals surface area contributed by atoms with Crippen LogP contribution in [0.4, 0.5) is 15.8 Å². The summed E-state index contributed by atoms with van der Waals surface area (Å²) < 4.78 is 20.6. The molecule has 3 amide bonds. The summed E-state index contributed by atoms with van der Waals surface area (Å²) in [7, 11) is 1.35. The maximum absolute atomic E-state index is 14.4. The molecule has 2 N–H and O–H groups in total. The first-order valence-corrected chi connectivity index (χ1v) is 10.4. The minimum absolute atomic E-state index is 0.0131. The Balaban J connectivity index is 1.54. The van der Waals surface area contributed by atoms with Crippen LogP contribution >= 0.6 is 0 Å². The van der Waals surface area contributed by atoms with Crippen molar-refractivity contribution in [2.75, 3.05) is 30.0 Å². The maximum atomic E-state index is 14.4. The van der Waals surface area contributed by atoms with Gasteiger partial charge in [0.05, 0.1) is 12.8 Å². The number of methoxy groups -OCH3 is 1. The van der Waals surface area contributed by atoms with E-state index in [0.717, 1.165) is 5.69 Å². The first-order valence-electron chi connectivity index (χ1n) is 10.4. The van der Waals surface area contributed by atoms with Gasteiger partial charge in [0.1, 0.15) is 5.69 Å². The zero-order valence-corrected chi connectivity index (χ0v) is 17.7. The van der Waals surface area contributed by atoms with E-state index in [9.17, 15) is 18.8 Å². The Kier molecular flexibility index (Phi) is 4.85. The highest BCUT2D eigenvalue weighted by Gasteiger charge is 2.35. The fourth-order valence-electron chi connectivity index (χ4n) is 4.18. The van der Waals surface area contributed by atoms with E-state index in [4.69, 9.17) is 10.5 Å². The molecule has 0 atom stereocenters. The van der Waals surface area contributed by atoms with E-state index in [1.807, 2.05) is 0 Å². The quantitative estimate of drug-likeness (QED) is 0.600. The third-order valence-corrected chi connectivity index (χ3v) is 5.95. The van der Waals surface area contributed by atoms with Crippen molar-refractivity contribution in [3.05, 3.63) is 65.2 Å². The molecule has 3 aromatic rings. The average Bonchev–Trinajstić information content (AvgIpc) is 3.20. The molecule has 168 valence electrons. The van der Waals surface area contributed by atoms with E-state index < -0.39 is 11.7 Å². The van der Waals surface area contributed by atoms with E-state index in [1.165, 1.54) is 23.9 Å². The Labute approximate surface area is 188 Å². The molecule has 5 rings (SSSR count). The van der Waals surface area contributed by atoms with Crippen molar-refractivity contribution in [3.8, 4) is 11.4 Å². The van der Waals surface area contributed by atoms with Gasteiger partial charge < -0.3 is 20.3 Å². The number of hydrogen-bond donors (Lipinski definition) is 1. The molecule has 33 heavy (non-hydrogen) atoms. The molecule has 0 unspecified atom stereocenters. The second-order valence-corrected chi connectivity index (χ2v) is 7.79. The van der Waals surface area contributed by atoms with Crippen molar-refractivity contribution >= 4 is 29.1 Å². The number of aromatic nitrogens is 2. The predicted molar refractivity (Wildman–Crippen MR) is 117 cm³/mol. The van der Waals surface area contributed by atoms with Crippen molar-refractivity contribution in [1.82, 2.24) is 9.78 Å². The molecule has 1 saturated heterocycles. The van der Waals surface area contributed by atoms with Gasteiger partial charge in [0.2, 0.25) is 5.91 Å². The zero-order valence-electron chi connectivity index (χ0n) is 17.7. The summed E-state index contributed by atoms with van der Waals surface area (Å²) in [5.74, 6) is -1.67. The Hall–Kier alpha value is -4.21. The number of nitrogens with zero attached hydrogens (tertiary/aromatic N) is 4. The monoisotopic (exact) mass is 449 g/mol. The number of halogens is 1. The van der Waals surface area contributed by atoms with E-state index in [0.29, 0.717) is 37.2 Å². The number of primary amides is 1. The number of carbonyl (C=O) groups is 3. The fraction of sp³-hybridized carbons (Fsp3) is 0.217. The summed E-state index contributed by atoms with van der Waals surface area (Å²) in [6, 6.07) is 11.3. The summed E-state index contributed by atoms with van der Waals surface area (Å²) in [6.45, 7) is 0.995. The zero-order chi connectivity index (χ0) is 23.3. The molecule has 9 nitrogen and oxygen atoms in total. The molecular formula is C23H20FN5O4. The number of anilines is 2. The Morgan fingerprint density at radius 2 is 1.64 bits per heavy atom.